The van der Waals surface area contributed by atoms with Gasteiger partial charge in [0.1, 0.15) is 17.3 Å². The Labute approximate surface area is 116 Å². The minimum Gasteiger partial charge on any atom is -0.487 e. The van der Waals surface area contributed by atoms with Crippen molar-refractivity contribution in [3.8, 4) is 5.75 Å². The monoisotopic (exact) mass is 278 g/mol. The highest BCUT2D eigenvalue weighted by molar-refractivity contribution is 7.80. The van der Waals surface area contributed by atoms with E-state index >= 15 is 0 Å². The van der Waals surface area contributed by atoms with E-state index < -0.39 is 0 Å². The fourth-order valence-corrected chi connectivity index (χ4v) is 1.74. The Morgan fingerprint density at radius 2 is 2.17 bits per heavy atom. The van der Waals surface area contributed by atoms with Crippen LogP contribution >= 0.6 is 23.8 Å². The number of hydrogen-bond donors (Lipinski definition) is 1. The maximum absolute atomic E-state index is 5.82. The number of ether oxygens (including phenoxy) is 1. The summed E-state index contributed by atoms with van der Waals surface area (Å²) in [6, 6.07) is 9.32. The van der Waals surface area contributed by atoms with Gasteiger partial charge in [0.25, 0.3) is 0 Å². The Bertz CT molecular complexity index is 574. The Hall–Kier alpha value is -1.65. The predicted octanol–water partition coefficient (Wildman–Crippen LogP) is 2.95. The summed E-state index contributed by atoms with van der Waals surface area (Å²) >= 11 is 10.7. The lowest BCUT2D eigenvalue weighted by Gasteiger charge is -2.07. The molecule has 18 heavy (non-hydrogen) atoms. The highest BCUT2D eigenvalue weighted by Gasteiger charge is 2.00. The number of aromatic nitrogens is 1. The van der Waals surface area contributed by atoms with E-state index in [-0.39, 0.29) is 0 Å². The number of pyridine rings is 1. The standard InChI is InChI=1S/C13H11ClN2OS/c14-11-5-12(7-16-6-11)17-8-9-2-1-3-10(4-9)13(15)18/h1-7H,8H2,(H2,15,18). The molecule has 0 atom stereocenters. The molecule has 3 nitrogen and oxygen atoms in total. The van der Waals surface area contributed by atoms with Gasteiger partial charge in [-0.1, -0.05) is 42.0 Å². The van der Waals surface area contributed by atoms with E-state index in [1.165, 1.54) is 0 Å². The van der Waals surface area contributed by atoms with E-state index in [9.17, 15) is 0 Å². The van der Waals surface area contributed by atoms with Crippen molar-refractivity contribution in [1.82, 2.24) is 4.98 Å². The molecule has 0 aliphatic rings. The molecular weight excluding hydrogens is 268 g/mol. The largest absolute Gasteiger partial charge is 0.487 e. The van der Waals surface area contributed by atoms with Crippen molar-refractivity contribution < 1.29 is 4.74 Å². The molecule has 0 amide bonds. The van der Waals surface area contributed by atoms with Gasteiger partial charge in [-0.25, -0.2) is 0 Å². The van der Waals surface area contributed by atoms with Crippen LogP contribution in [0.15, 0.2) is 42.7 Å². The molecule has 2 rings (SSSR count). The summed E-state index contributed by atoms with van der Waals surface area (Å²) in [6.45, 7) is 0.415. The number of rotatable bonds is 4. The minimum atomic E-state index is 0.376. The van der Waals surface area contributed by atoms with E-state index in [0.29, 0.717) is 22.4 Å². The van der Waals surface area contributed by atoms with Crippen LogP contribution in [0, 0.1) is 0 Å². The SMILES string of the molecule is NC(=S)c1cccc(COc2cncc(Cl)c2)c1. The fourth-order valence-electron chi connectivity index (χ4n) is 1.45. The third-order valence-electron chi connectivity index (χ3n) is 2.30. The van der Waals surface area contributed by atoms with Gasteiger partial charge in [0, 0.05) is 17.8 Å². The van der Waals surface area contributed by atoms with E-state index in [0.717, 1.165) is 11.1 Å². The van der Waals surface area contributed by atoms with Gasteiger partial charge in [-0.05, 0) is 11.6 Å². The lowest BCUT2D eigenvalue weighted by Crippen LogP contribution is -2.09. The van der Waals surface area contributed by atoms with Crippen molar-refractivity contribution in [3.63, 3.8) is 0 Å². The van der Waals surface area contributed by atoms with E-state index in [4.69, 9.17) is 34.3 Å². The summed E-state index contributed by atoms with van der Waals surface area (Å²) in [7, 11) is 0. The van der Waals surface area contributed by atoms with Crippen LogP contribution in [0.4, 0.5) is 0 Å². The Balaban J connectivity index is 2.06. The molecule has 1 aromatic carbocycles. The van der Waals surface area contributed by atoms with Crippen LogP contribution < -0.4 is 10.5 Å². The number of benzene rings is 1. The fraction of sp³-hybridized carbons (Fsp3) is 0.0769. The van der Waals surface area contributed by atoms with Gasteiger partial charge in [-0.2, -0.15) is 0 Å². The van der Waals surface area contributed by atoms with E-state index in [1.807, 2.05) is 24.3 Å². The van der Waals surface area contributed by atoms with Gasteiger partial charge in [0.15, 0.2) is 0 Å². The molecular formula is C13H11ClN2OS. The number of thiocarbonyl (C=S) groups is 1. The second-order valence-electron chi connectivity index (χ2n) is 3.69. The first-order valence-electron chi connectivity index (χ1n) is 5.27. The van der Waals surface area contributed by atoms with Crippen LogP contribution in [0.1, 0.15) is 11.1 Å². The smallest absolute Gasteiger partial charge is 0.139 e. The van der Waals surface area contributed by atoms with E-state index in [1.54, 1.807) is 18.5 Å². The Kier molecular flexibility index (Phi) is 4.12. The first kappa shape index (κ1) is 12.8. The summed E-state index contributed by atoms with van der Waals surface area (Å²) < 4.78 is 5.58. The first-order chi connectivity index (χ1) is 8.65. The first-order valence-corrected chi connectivity index (χ1v) is 6.06. The molecule has 5 heteroatoms. The zero-order chi connectivity index (χ0) is 13.0. The van der Waals surface area contributed by atoms with Gasteiger partial charge >= 0.3 is 0 Å². The van der Waals surface area contributed by atoms with Gasteiger partial charge in [-0.15, -0.1) is 0 Å². The number of nitrogens with two attached hydrogens (primary N) is 1. The molecule has 0 spiro atoms. The molecule has 0 aliphatic heterocycles. The molecule has 0 unspecified atom stereocenters. The number of hydrogen-bond acceptors (Lipinski definition) is 3. The third-order valence-corrected chi connectivity index (χ3v) is 2.74. The lowest BCUT2D eigenvalue weighted by atomic mass is 10.1. The number of nitrogens with zero attached hydrogens (tertiary/aromatic N) is 1. The third kappa shape index (κ3) is 3.42. The quantitative estimate of drug-likeness (QED) is 0.874. The van der Waals surface area contributed by atoms with Crippen LogP contribution in [0.2, 0.25) is 5.02 Å². The van der Waals surface area contributed by atoms with Crippen LogP contribution in [0.3, 0.4) is 0 Å². The zero-order valence-electron chi connectivity index (χ0n) is 9.47. The highest BCUT2D eigenvalue weighted by atomic mass is 35.5. The molecule has 0 fully saturated rings. The van der Waals surface area contributed by atoms with E-state index in [2.05, 4.69) is 4.98 Å². The highest BCUT2D eigenvalue weighted by Crippen LogP contribution is 2.17. The predicted molar refractivity (Wildman–Crippen MR) is 75.9 cm³/mol. The molecule has 0 radical (unpaired) electrons. The molecule has 1 aromatic heterocycles. The van der Waals surface area contributed by atoms with Crippen molar-refractivity contribution in [1.29, 1.82) is 0 Å². The van der Waals surface area contributed by atoms with Crippen molar-refractivity contribution in [3.05, 3.63) is 58.9 Å². The lowest BCUT2D eigenvalue weighted by molar-refractivity contribution is 0.305. The molecule has 0 saturated carbocycles. The van der Waals surface area contributed by atoms with Crippen molar-refractivity contribution in [2.24, 2.45) is 5.73 Å². The topological polar surface area (TPSA) is 48.1 Å². The van der Waals surface area contributed by atoms with Crippen molar-refractivity contribution >= 4 is 28.8 Å². The van der Waals surface area contributed by atoms with Gasteiger partial charge in [0.2, 0.25) is 0 Å². The normalized spacial score (nSPS) is 10.1. The second-order valence-corrected chi connectivity index (χ2v) is 4.57. The van der Waals surface area contributed by atoms with Crippen molar-refractivity contribution in [2.45, 2.75) is 6.61 Å². The molecule has 2 aromatic rings. The van der Waals surface area contributed by atoms with Crippen LogP contribution in [0.25, 0.3) is 0 Å². The van der Waals surface area contributed by atoms with Gasteiger partial charge in [0.05, 0.1) is 11.2 Å². The molecule has 2 N–H and O–H groups in total. The van der Waals surface area contributed by atoms with Crippen LogP contribution in [0.5, 0.6) is 5.75 Å². The summed E-state index contributed by atoms with van der Waals surface area (Å²) in [4.78, 5) is 4.32. The number of halogens is 1. The summed E-state index contributed by atoms with van der Waals surface area (Å²) in [5.74, 6) is 0.628. The molecule has 0 saturated heterocycles. The average Bonchev–Trinajstić information content (AvgIpc) is 2.37. The maximum atomic E-state index is 5.82. The van der Waals surface area contributed by atoms with Crippen molar-refractivity contribution in [2.75, 3.05) is 0 Å². The zero-order valence-corrected chi connectivity index (χ0v) is 11.0. The molecule has 0 bridgehead atoms. The maximum Gasteiger partial charge on any atom is 0.139 e. The van der Waals surface area contributed by atoms with Gasteiger partial charge < -0.3 is 10.5 Å². The Morgan fingerprint density at radius 3 is 2.89 bits per heavy atom. The molecule has 1 heterocycles. The summed E-state index contributed by atoms with van der Waals surface area (Å²) in [5, 5.41) is 0.546. The minimum absolute atomic E-state index is 0.376. The average molecular weight is 279 g/mol. The molecule has 92 valence electrons. The summed E-state index contributed by atoms with van der Waals surface area (Å²) in [6.07, 6.45) is 3.17. The second kappa shape index (κ2) is 5.80. The molecule has 0 aliphatic carbocycles. The Morgan fingerprint density at radius 1 is 1.33 bits per heavy atom. The van der Waals surface area contributed by atoms with Crippen LogP contribution in [-0.2, 0) is 6.61 Å². The van der Waals surface area contributed by atoms with Crippen LogP contribution in [-0.4, -0.2) is 9.97 Å². The summed E-state index contributed by atoms with van der Waals surface area (Å²) in [5.41, 5.74) is 7.39. The van der Waals surface area contributed by atoms with Gasteiger partial charge in [-0.3, -0.25) is 4.98 Å².